The molecule has 156 valence electrons. The predicted molar refractivity (Wildman–Crippen MR) is 110 cm³/mol. The Morgan fingerprint density at radius 2 is 1.56 bits per heavy atom. The molecule has 0 saturated carbocycles. The molecule has 1 aromatic rings. The Hall–Kier alpha value is -0.563. The van der Waals surface area contributed by atoms with Crippen molar-refractivity contribution in [1.29, 1.82) is 0 Å². The van der Waals surface area contributed by atoms with Crippen molar-refractivity contribution in [1.82, 2.24) is 0 Å². The van der Waals surface area contributed by atoms with E-state index in [1.54, 1.807) is 6.07 Å². The number of rotatable bonds is 11. The van der Waals surface area contributed by atoms with E-state index in [-0.39, 0.29) is 29.0 Å². The van der Waals surface area contributed by atoms with E-state index < -0.39 is 14.9 Å². The van der Waals surface area contributed by atoms with Crippen molar-refractivity contribution >= 4 is 31.5 Å². The molecule has 0 spiro atoms. The fourth-order valence-electron chi connectivity index (χ4n) is 3.86. The summed E-state index contributed by atoms with van der Waals surface area (Å²) in [5, 5.41) is 0.220. The van der Waals surface area contributed by atoms with Gasteiger partial charge in [0.1, 0.15) is 6.61 Å². The largest absolute Gasteiger partial charge is 0.487 e. The second kappa shape index (κ2) is 10.8. The lowest BCUT2D eigenvalue weighted by Gasteiger charge is -2.42. The molecule has 0 radical (unpaired) electrons. The van der Waals surface area contributed by atoms with Gasteiger partial charge in [0.05, 0.1) is 17.5 Å². The van der Waals surface area contributed by atoms with Crippen LogP contribution in [0.4, 0.5) is 8.78 Å². The molecule has 8 heteroatoms. The zero-order chi connectivity index (χ0) is 20.8. The van der Waals surface area contributed by atoms with Crippen LogP contribution in [0.5, 0.6) is 11.5 Å². The van der Waals surface area contributed by atoms with Gasteiger partial charge in [0, 0.05) is 0 Å². The normalized spacial score (nSPS) is 12.5. The predicted octanol–water partition coefficient (Wildman–Crippen LogP) is 7.25. The van der Waals surface area contributed by atoms with Gasteiger partial charge in [-0.3, -0.25) is 0 Å². The summed E-state index contributed by atoms with van der Waals surface area (Å²) in [6, 6.07) is 3.08. The SMILES string of the molecule is CC(C)[Si](OCc1ccc(OC(F)F)c(OCCCl)c1Cl)(C(C)C)C(C)C. The smallest absolute Gasteiger partial charge is 0.387 e. The molecular weight excluding hydrogens is 413 g/mol. The molecule has 0 aliphatic heterocycles. The zero-order valence-electron chi connectivity index (χ0n) is 16.8. The average molecular weight is 443 g/mol. The maximum atomic E-state index is 12.7. The van der Waals surface area contributed by atoms with E-state index in [2.05, 4.69) is 46.3 Å². The maximum Gasteiger partial charge on any atom is 0.387 e. The quantitative estimate of drug-likeness (QED) is 0.266. The third-order valence-corrected chi connectivity index (χ3v) is 11.5. The van der Waals surface area contributed by atoms with Gasteiger partial charge in [-0.25, -0.2) is 0 Å². The highest BCUT2D eigenvalue weighted by molar-refractivity contribution is 6.77. The Kier molecular flexibility index (Phi) is 9.82. The van der Waals surface area contributed by atoms with Gasteiger partial charge in [0.25, 0.3) is 0 Å². The summed E-state index contributed by atoms with van der Waals surface area (Å²) in [6.45, 7) is 10.6. The second-order valence-electron chi connectivity index (χ2n) is 7.39. The minimum atomic E-state index is -2.97. The summed E-state index contributed by atoms with van der Waals surface area (Å²) >= 11 is 12.1. The number of hydrogen-bond acceptors (Lipinski definition) is 3. The summed E-state index contributed by atoms with van der Waals surface area (Å²) in [7, 11) is -2.09. The lowest BCUT2D eigenvalue weighted by molar-refractivity contribution is -0.0514. The van der Waals surface area contributed by atoms with Crippen LogP contribution in [0, 0.1) is 0 Å². The molecule has 0 bridgehead atoms. The Morgan fingerprint density at radius 3 is 2.00 bits per heavy atom. The zero-order valence-corrected chi connectivity index (χ0v) is 19.3. The number of ether oxygens (including phenoxy) is 2. The van der Waals surface area contributed by atoms with E-state index >= 15 is 0 Å². The van der Waals surface area contributed by atoms with Crippen LogP contribution in [0.25, 0.3) is 0 Å². The minimum absolute atomic E-state index is 0.0737. The summed E-state index contributed by atoms with van der Waals surface area (Å²) < 4.78 is 41.9. The molecular formula is C19H30Cl2F2O3Si. The first-order chi connectivity index (χ1) is 12.6. The molecule has 0 fully saturated rings. The van der Waals surface area contributed by atoms with Gasteiger partial charge in [-0.2, -0.15) is 8.78 Å². The van der Waals surface area contributed by atoms with Crippen LogP contribution in [-0.4, -0.2) is 27.4 Å². The molecule has 0 unspecified atom stereocenters. The van der Waals surface area contributed by atoms with Crippen molar-refractivity contribution in [3.05, 3.63) is 22.7 Å². The van der Waals surface area contributed by atoms with Crippen LogP contribution >= 0.6 is 23.2 Å². The molecule has 0 saturated heterocycles. The van der Waals surface area contributed by atoms with Gasteiger partial charge in [-0.15, -0.1) is 11.6 Å². The lowest BCUT2D eigenvalue weighted by Crippen LogP contribution is -2.47. The topological polar surface area (TPSA) is 27.7 Å². The maximum absolute atomic E-state index is 12.7. The van der Waals surface area contributed by atoms with Gasteiger partial charge >= 0.3 is 6.61 Å². The van der Waals surface area contributed by atoms with E-state index in [4.69, 9.17) is 32.4 Å². The molecule has 3 nitrogen and oxygen atoms in total. The van der Waals surface area contributed by atoms with Crippen LogP contribution in [0.2, 0.25) is 21.6 Å². The van der Waals surface area contributed by atoms with E-state index in [1.807, 2.05) is 0 Å². The third kappa shape index (κ3) is 5.96. The van der Waals surface area contributed by atoms with Crippen molar-refractivity contribution < 1.29 is 22.7 Å². The Morgan fingerprint density at radius 1 is 1.00 bits per heavy atom. The van der Waals surface area contributed by atoms with Crippen LogP contribution in [-0.2, 0) is 11.0 Å². The molecule has 1 aromatic carbocycles. The molecule has 0 amide bonds. The summed E-state index contributed by atoms with van der Waals surface area (Å²) in [6.07, 6.45) is 0. The number of halogens is 4. The summed E-state index contributed by atoms with van der Waals surface area (Å²) in [5.41, 5.74) is 1.95. The fourth-order valence-corrected chi connectivity index (χ4v) is 9.61. The molecule has 0 N–H and O–H groups in total. The van der Waals surface area contributed by atoms with Gasteiger partial charge in [0.2, 0.25) is 8.32 Å². The molecule has 27 heavy (non-hydrogen) atoms. The monoisotopic (exact) mass is 442 g/mol. The number of benzene rings is 1. The Bertz CT molecular complexity index is 577. The van der Waals surface area contributed by atoms with Crippen molar-refractivity contribution in [3.63, 3.8) is 0 Å². The van der Waals surface area contributed by atoms with E-state index in [0.29, 0.717) is 28.8 Å². The van der Waals surface area contributed by atoms with E-state index in [9.17, 15) is 8.78 Å². The number of alkyl halides is 3. The highest BCUT2D eigenvalue weighted by atomic mass is 35.5. The van der Waals surface area contributed by atoms with Gasteiger partial charge < -0.3 is 13.9 Å². The van der Waals surface area contributed by atoms with Crippen LogP contribution < -0.4 is 9.47 Å². The van der Waals surface area contributed by atoms with E-state index in [0.717, 1.165) is 0 Å². The lowest BCUT2D eigenvalue weighted by atomic mass is 10.2. The van der Waals surface area contributed by atoms with Crippen molar-refractivity contribution in [2.75, 3.05) is 12.5 Å². The Balaban J connectivity index is 3.19. The molecule has 0 aromatic heterocycles. The first-order valence-electron chi connectivity index (χ1n) is 9.16. The van der Waals surface area contributed by atoms with Crippen LogP contribution in [0.1, 0.15) is 47.1 Å². The van der Waals surface area contributed by atoms with Crippen molar-refractivity contribution in [2.45, 2.75) is 71.4 Å². The second-order valence-corrected chi connectivity index (χ2v) is 13.6. The standard InChI is InChI=1S/C19H30Cl2F2O3Si/c1-12(2)27(13(3)4,14(5)6)25-11-15-7-8-16(26-19(22)23)18(17(15)21)24-10-9-20/h7-8,12-14,19H,9-11H2,1-6H3. The molecule has 0 aliphatic rings. The first kappa shape index (κ1) is 24.5. The van der Waals surface area contributed by atoms with Gasteiger partial charge in [-0.05, 0) is 28.3 Å². The highest BCUT2D eigenvalue weighted by Gasteiger charge is 2.45. The first-order valence-corrected chi connectivity index (χ1v) is 12.2. The molecule has 1 rings (SSSR count). The van der Waals surface area contributed by atoms with Crippen LogP contribution in [0.3, 0.4) is 0 Å². The van der Waals surface area contributed by atoms with E-state index in [1.165, 1.54) is 6.07 Å². The average Bonchev–Trinajstić information content (AvgIpc) is 2.55. The molecule has 0 aliphatic carbocycles. The highest BCUT2D eigenvalue weighted by Crippen LogP contribution is 2.44. The van der Waals surface area contributed by atoms with Gasteiger partial charge in [-0.1, -0.05) is 59.2 Å². The Labute approximate surface area is 172 Å². The summed E-state index contributed by atoms with van der Waals surface area (Å²) in [4.78, 5) is 0. The van der Waals surface area contributed by atoms with Crippen LogP contribution in [0.15, 0.2) is 12.1 Å². The minimum Gasteiger partial charge on any atom is -0.487 e. The summed E-state index contributed by atoms with van der Waals surface area (Å²) in [5.74, 6) is 0.170. The number of hydrogen-bond donors (Lipinski definition) is 0. The van der Waals surface area contributed by atoms with Crippen molar-refractivity contribution in [3.8, 4) is 11.5 Å². The molecule has 0 atom stereocenters. The van der Waals surface area contributed by atoms with Gasteiger partial charge in [0.15, 0.2) is 11.5 Å². The molecule has 0 heterocycles. The fraction of sp³-hybridized carbons (Fsp3) is 0.684. The third-order valence-electron chi connectivity index (χ3n) is 4.87. The van der Waals surface area contributed by atoms with Crippen molar-refractivity contribution in [2.24, 2.45) is 0 Å².